The van der Waals surface area contributed by atoms with E-state index in [2.05, 4.69) is 26.2 Å². The van der Waals surface area contributed by atoms with Gasteiger partial charge in [-0.15, -0.1) is 0 Å². The van der Waals surface area contributed by atoms with Crippen LogP contribution in [0.5, 0.6) is 0 Å². The number of hydrogen-bond donors (Lipinski definition) is 2. The molecule has 3 nitrogen and oxygen atoms in total. The molecule has 1 aromatic heterocycles. The summed E-state index contributed by atoms with van der Waals surface area (Å²) in [5.74, 6) is 0. The third kappa shape index (κ3) is 2.96. The van der Waals surface area contributed by atoms with Gasteiger partial charge in [0.25, 0.3) is 0 Å². The fourth-order valence-corrected chi connectivity index (χ4v) is 1.43. The molecule has 1 rings (SSSR count). The van der Waals surface area contributed by atoms with Gasteiger partial charge in [0.15, 0.2) is 0 Å². The molecule has 0 aliphatic carbocycles. The Hall–Kier alpha value is -0.610. The van der Waals surface area contributed by atoms with Gasteiger partial charge in [-0.3, -0.25) is 4.98 Å². The molecule has 0 saturated carbocycles. The lowest BCUT2D eigenvalue weighted by Crippen LogP contribution is -2.37. The van der Waals surface area contributed by atoms with Crippen LogP contribution < -0.4 is 5.32 Å². The van der Waals surface area contributed by atoms with Gasteiger partial charge in [-0.1, -0.05) is 6.92 Å². The molecule has 1 aromatic rings. The summed E-state index contributed by atoms with van der Waals surface area (Å²) in [7, 11) is 0. The second kappa shape index (κ2) is 4.75. The molecule has 4 heteroatoms. The maximum atomic E-state index is 9.22. The van der Waals surface area contributed by atoms with Gasteiger partial charge < -0.3 is 10.4 Å². The van der Waals surface area contributed by atoms with E-state index in [1.165, 1.54) is 0 Å². The highest BCUT2D eigenvalue weighted by atomic mass is 79.9. The largest absolute Gasteiger partial charge is 0.394 e. The van der Waals surface area contributed by atoms with Crippen molar-refractivity contribution in [1.29, 1.82) is 0 Å². The van der Waals surface area contributed by atoms with E-state index < -0.39 is 0 Å². The van der Waals surface area contributed by atoms with Crippen LogP contribution in [0.4, 0.5) is 5.69 Å². The Labute approximate surface area is 92.7 Å². The maximum Gasteiger partial charge on any atom is 0.0658 e. The molecule has 1 unspecified atom stereocenters. The Bertz CT molecular complexity index is 300. The van der Waals surface area contributed by atoms with Gasteiger partial charge in [-0.2, -0.15) is 0 Å². The molecule has 0 aromatic carbocycles. The fourth-order valence-electron chi connectivity index (χ4n) is 1.07. The minimum Gasteiger partial charge on any atom is -0.394 e. The highest BCUT2D eigenvalue weighted by molar-refractivity contribution is 9.10. The number of rotatable bonds is 4. The maximum absolute atomic E-state index is 9.22. The molecule has 1 atom stereocenters. The molecule has 1 heterocycles. The lowest BCUT2D eigenvalue weighted by atomic mass is 10.00. The van der Waals surface area contributed by atoms with Crippen LogP contribution in [0.1, 0.15) is 20.3 Å². The molecule has 14 heavy (non-hydrogen) atoms. The Morgan fingerprint density at radius 2 is 2.29 bits per heavy atom. The van der Waals surface area contributed by atoms with Crippen LogP contribution >= 0.6 is 15.9 Å². The van der Waals surface area contributed by atoms with Crippen molar-refractivity contribution in [3.8, 4) is 0 Å². The van der Waals surface area contributed by atoms with Crippen molar-refractivity contribution in [2.75, 3.05) is 11.9 Å². The lowest BCUT2D eigenvalue weighted by Gasteiger charge is -2.28. The molecule has 0 amide bonds. The first-order valence-corrected chi connectivity index (χ1v) is 5.38. The third-order valence-electron chi connectivity index (χ3n) is 2.28. The molecular weight excluding hydrogens is 244 g/mol. The van der Waals surface area contributed by atoms with Gasteiger partial charge >= 0.3 is 0 Å². The molecular formula is C10H15BrN2O. The number of aromatic nitrogens is 1. The first-order chi connectivity index (χ1) is 6.59. The second-order valence-corrected chi connectivity index (χ2v) is 4.50. The molecule has 78 valence electrons. The zero-order valence-electron chi connectivity index (χ0n) is 8.42. The lowest BCUT2D eigenvalue weighted by molar-refractivity contribution is 0.219. The van der Waals surface area contributed by atoms with Crippen LogP contribution in [0.2, 0.25) is 0 Å². The van der Waals surface area contributed by atoms with Gasteiger partial charge in [0.05, 0.1) is 24.0 Å². The first kappa shape index (κ1) is 11.5. The van der Waals surface area contributed by atoms with E-state index in [1.54, 1.807) is 12.4 Å². The molecule has 0 fully saturated rings. The van der Waals surface area contributed by atoms with E-state index >= 15 is 0 Å². The van der Waals surface area contributed by atoms with Gasteiger partial charge in [0, 0.05) is 10.7 Å². The zero-order valence-corrected chi connectivity index (χ0v) is 10.0. The topological polar surface area (TPSA) is 45.1 Å². The summed E-state index contributed by atoms with van der Waals surface area (Å²) in [5, 5.41) is 12.5. The fraction of sp³-hybridized carbons (Fsp3) is 0.500. The monoisotopic (exact) mass is 258 g/mol. The van der Waals surface area contributed by atoms with Gasteiger partial charge in [0.1, 0.15) is 0 Å². The van der Waals surface area contributed by atoms with E-state index in [1.807, 2.05) is 19.9 Å². The van der Waals surface area contributed by atoms with Crippen molar-refractivity contribution < 1.29 is 5.11 Å². The van der Waals surface area contributed by atoms with Crippen LogP contribution in [0.3, 0.4) is 0 Å². The van der Waals surface area contributed by atoms with E-state index in [9.17, 15) is 5.11 Å². The van der Waals surface area contributed by atoms with E-state index in [0.29, 0.717) is 0 Å². The minimum atomic E-state index is -0.275. The molecule has 0 radical (unpaired) electrons. The summed E-state index contributed by atoms with van der Waals surface area (Å²) in [6.07, 6.45) is 4.33. The summed E-state index contributed by atoms with van der Waals surface area (Å²) < 4.78 is 0.930. The van der Waals surface area contributed by atoms with Crippen molar-refractivity contribution in [2.24, 2.45) is 0 Å². The van der Waals surface area contributed by atoms with Crippen molar-refractivity contribution in [3.63, 3.8) is 0 Å². The third-order valence-corrected chi connectivity index (χ3v) is 2.71. The normalized spacial score (nSPS) is 14.9. The summed E-state index contributed by atoms with van der Waals surface area (Å²) >= 11 is 3.35. The SMILES string of the molecule is CCC(C)(CO)Nc1cncc(Br)c1. The summed E-state index contributed by atoms with van der Waals surface area (Å²) in [6.45, 7) is 4.12. The van der Waals surface area contributed by atoms with Crippen LogP contribution in [0.25, 0.3) is 0 Å². The number of anilines is 1. The molecule has 0 bridgehead atoms. The number of halogens is 1. The number of hydrogen-bond acceptors (Lipinski definition) is 3. The minimum absolute atomic E-state index is 0.107. The number of pyridine rings is 1. The number of aliphatic hydroxyl groups is 1. The van der Waals surface area contributed by atoms with Crippen LogP contribution in [0, 0.1) is 0 Å². The van der Waals surface area contributed by atoms with Gasteiger partial charge in [-0.25, -0.2) is 0 Å². The molecule has 0 saturated heterocycles. The van der Waals surface area contributed by atoms with Crippen molar-refractivity contribution >= 4 is 21.6 Å². The van der Waals surface area contributed by atoms with Gasteiger partial charge in [0.2, 0.25) is 0 Å². The molecule has 0 aliphatic heterocycles. The predicted octanol–water partition coefficient (Wildman–Crippen LogP) is 2.42. The Kier molecular flexibility index (Phi) is 3.89. The zero-order chi connectivity index (χ0) is 10.6. The van der Waals surface area contributed by atoms with Crippen LogP contribution in [-0.2, 0) is 0 Å². The van der Waals surface area contributed by atoms with E-state index in [0.717, 1.165) is 16.6 Å². The van der Waals surface area contributed by atoms with E-state index in [4.69, 9.17) is 0 Å². The second-order valence-electron chi connectivity index (χ2n) is 3.59. The number of nitrogens with one attached hydrogen (secondary N) is 1. The van der Waals surface area contributed by atoms with Crippen molar-refractivity contribution in [2.45, 2.75) is 25.8 Å². The predicted molar refractivity (Wildman–Crippen MR) is 61.3 cm³/mol. The highest BCUT2D eigenvalue weighted by Crippen LogP contribution is 2.20. The quantitative estimate of drug-likeness (QED) is 0.872. The Balaban J connectivity index is 2.77. The first-order valence-electron chi connectivity index (χ1n) is 4.59. The van der Waals surface area contributed by atoms with Crippen LogP contribution in [0.15, 0.2) is 22.9 Å². The average Bonchev–Trinajstić information content (AvgIpc) is 2.18. The van der Waals surface area contributed by atoms with Crippen molar-refractivity contribution in [3.05, 3.63) is 22.9 Å². The molecule has 0 aliphatic rings. The number of aliphatic hydroxyl groups excluding tert-OH is 1. The van der Waals surface area contributed by atoms with Crippen molar-refractivity contribution in [1.82, 2.24) is 4.98 Å². The van der Waals surface area contributed by atoms with Crippen LogP contribution in [-0.4, -0.2) is 22.2 Å². The standard InChI is InChI=1S/C10H15BrN2O/c1-3-10(2,7-14)13-9-4-8(11)5-12-6-9/h4-6,13-14H,3,7H2,1-2H3. The molecule has 2 N–H and O–H groups in total. The highest BCUT2D eigenvalue weighted by Gasteiger charge is 2.20. The van der Waals surface area contributed by atoms with E-state index in [-0.39, 0.29) is 12.1 Å². The summed E-state index contributed by atoms with van der Waals surface area (Å²) in [4.78, 5) is 4.05. The average molecular weight is 259 g/mol. The van der Waals surface area contributed by atoms with Gasteiger partial charge in [-0.05, 0) is 35.3 Å². The summed E-state index contributed by atoms with van der Waals surface area (Å²) in [6, 6.07) is 1.94. The summed E-state index contributed by atoms with van der Waals surface area (Å²) in [5.41, 5.74) is 0.639. The Morgan fingerprint density at radius 1 is 1.57 bits per heavy atom. The Morgan fingerprint density at radius 3 is 2.79 bits per heavy atom. The number of nitrogens with zero attached hydrogens (tertiary/aromatic N) is 1. The smallest absolute Gasteiger partial charge is 0.0658 e. The molecule has 0 spiro atoms.